The molecule has 0 saturated heterocycles. The van der Waals surface area contributed by atoms with Crippen molar-refractivity contribution in [3.05, 3.63) is 12.2 Å². The molecule has 6 heteroatoms. The number of rotatable bonds is 6. The zero-order valence-corrected chi connectivity index (χ0v) is 22.0. The van der Waals surface area contributed by atoms with Gasteiger partial charge >= 0.3 is 5.97 Å². The predicted molar refractivity (Wildman–Crippen MR) is 130 cm³/mol. The van der Waals surface area contributed by atoms with Crippen LogP contribution in [0.15, 0.2) is 12.2 Å². The summed E-state index contributed by atoms with van der Waals surface area (Å²) in [4.78, 5) is 39.6. The van der Waals surface area contributed by atoms with Crippen LogP contribution in [-0.4, -0.2) is 29.6 Å². The first kappa shape index (κ1) is 26.5. The van der Waals surface area contributed by atoms with Crippen LogP contribution in [0.4, 0.5) is 8.78 Å². The van der Waals surface area contributed by atoms with Gasteiger partial charge in [0.1, 0.15) is 11.6 Å². The number of carbonyl (C=O) groups excluding carboxylic acids is 3. The summed E-state index contributed by atoms with van der Waals surface area (Å²) in [7, 11) is 0. The molecule has 196 valence electrons. The number of esters is 1. The molecule has 2 unspecified atom stereocenters. The van der Waals surface area contributed by atoms with Crippen molar-refractivity contribution in [1.29, 1.82) is 0 Å². The highest BCUT2D eigenvalue weighted by Crippen LogP contribution is 2.66. The van der Waals surface area contributed by atoms with E-state index in [0.717, 1.165) is 39.0 Å². The van der Waals surface area contributed by atoms with Gasteiger partial charge in [0.05, 0.1) is 0 Å². The molecular formula is C29H42F2O4. The topological polar surface area (TPSA) is 60.4 Å². The third kappa shape index (κ3) is 4.41. The summed E-state index contributed by atoms with van der Waals surface area (Å²) in [6, 6.07) is 0. The minimum absolute atomic E-state index is 0.0161. The van der Waals surface area contributed by atoms with Crippen LogP contribution < -0.4 is 0 Å². The Morgan fingerprint density at radius 2 is 1.83 bits per heavy atom. The molecular weight excluding hydrogens is 450 g/mol. The molecule has 0 aromatic heterocycles. The van der Waals surface area contributed by atoms with E-state index >= 15 is 0 Å². The second kappa shape index (κ2) is 9.06. The molecule has 0 aromatic carbocycles. The highest BCUT2D eigenvalue weighted by Gasteiger charge is 2.65. The largest absolute Gasteiger partial charge is 0.456 e. The second-order valence-electron chi connectivity index (χ2n) is 12.8. The molecule has 0 radical (unpaired) electrons. The smallest absolute Gasteiger partial charge is 0.306 e. The van der Waals surface area contributed by atoms with E-state index in [9.17, 15) is 23.2 Å². The van der Waals surface area contributed by atoms with Crippen LogP contribution >= 0.6 is 0 Å². The first-order valence-corrected chi connectivity index (χ1v) is 13.5. The Balaban J connectivity index is 1.48. The summed E-state index contributed by atoms with van der Waals surface area (Å²) in [5.74, 6) is -2.52. The molecule has 4 aliphatic rings. The molecule has 0 spiro atoms. The lowest BCUT2D eigenvalue weighted by atomic mass is 9.43. The monoisotopic (exact) mass is 492 g/mol. The summed E-state index contributed by atoms with van der Waals surface area (Å²) in [5.41, 5.74) is 0.684. The van der Waals surface area contributed by atoms with Gasteiger partial charge in [-0.05, 0) is 80.5 Å². The maximum Gasteiger partial charge on any atom is 0.306 e. The normalized spacial score (nSPS) is 41.0. The van der Waals surface area contributed by atoms with Crippen LogP contribution in [0.25, 0.3) is 0 Å². The highest BCUT2D eigenvalue weighted by molar-refractivity contribution is 5.92. The summed E-state index contributed by atoms with van der Waals surface area (Å²) < 4.78 is 31.7. The van der Waals surface area contributed by atoms with Crippen molar-refractivity contribution in [1.82, 2.24) is 0 Å². The third-order valence-corrected chi connectivity index (χ3v) is 10.9. The van der Waals surface area contributed by atoms with E-state index in [1.807, 2.05) is 0 Å². The lowest BCUT2D eigenvalue weighted by Crippen LogP contribution is -2.59. The number of ether oxygens (including phenoxy) is 1. The number of hydrogen-bond donors (Lipinski definition) is 0. The number of allylic oxidation sites excluding steroid dienone is 1. The van der Waals surface area contributed by atoms with Gasteiger partial charge in [0, 0.05) is 37.5 Å². The van der Waals surface area contributed by atoms with Crippen LogP contribution in [0.1, 0.15) is 92.4 Å². The van der Waals surface area contributed by atoms with Gasteiger partial charge in [0.15, 0.2) is 6.10 Å². The zero-order valence-electron chi connectivity index (χ0n) is 22.0. The minimum atomic E-state index is -3.08. The number of hydrogen-bond acceptors (Lipinski definition) is 4. The number of carbonyl (C=O) groups is 3. The van der Waals surface area contributed by atoms with Crippen LogP contribution in [0.3, 0.4) is 0 Å². The van der Waals surface area contributed by atoms with Gasteiger partial charge < -0.3 is 4.74 Å². The highest BCUT2D eigenvalue weighted by atomic mass is 19.3. The van der Waals surface area contributed by atoms with E-state index in [2.05, 4.69) is 27.4 Å². The van der Waals surface area contributed by atoms with Crippen molar-refractivity contribution >= 4 is 17.5 Å². The Hall–Kier alpha value is -1.59. The maximum absolute atomic E-state index is 13.8. The average Bonchev–Trinajstić information content (AvgIpc) is 3.12. The van der Waals surface area contributed by atoms with Gasteiger partial charge in [-0.3, -0.25) is 14.4 Å². The summed E-state index contributed by atoms with van der Waals surface area (Å²) in [5, 5.41) is 0. The Morgan fingerprint density at radius 1 is 1.14 bits per heavy atom. The van der Waals surface area contributed by atoms with Crippen molar-refractivity contribution in [2.75, 3.05) is 0 Å². The van der Waals surface area contributed by atoms with E-state index in [-0.39, 0.29) is 47.2 Å². The fourth-order valence-electron chi connectivity index (χ4n) is 8.41. The average molecular weight is 493 g/mol. The standard InChI is InChI=1S/C29H42F2O4/c1-16-11-12-27(4)19(13-16)14-23(32)26-21-9-8-20(28(21,5)24(33)15-22(26)27)17(2)7-10-25(34)35-18(3)29(6,30)31/h17-22,26H,1,7-15H2,2-6H3/t17?,18?,19-,20+,21-,22-,26-,27-,28+/m0/s1. The molecule has 0 aliphatic heterocycles. The molecule has 4 fully saturated rings. The molecule has 4 nitrogen and oxygen atoms in total. The number of alkyl halides is 2. The van der Waals surface area contributed by atoms with Gasteiger partial charge in [0.2, 0.25) is 0 Å². The van der Waals surface area contributed by atoms with Crippen LogP contribution in [0.5, 0.6) is 0 Å². The van der Waals surface area contributed by atoms with E-state index in [0.29, 0.717) is 31.0 Å². The van der Waals surface area contributed by atoms with E-state index in [1.165, 1.54) is 12.5 Å². The number of fused-ring (bicyclic) bond motifs is 5. The fourth-order valence-corrected chi connectivity index (χ4v) is 8.41. The Kier molecular flexibility index (Phi) is 6.85. The first-order chi connectivity index (χ1) is 16.2. The van der Waals surface area contributed by atoms with Crippen molar-refractivity contribution in [2.24, 2.45) is 46.3 Å². The van der Waals surface area contributed by atoms with E-state index < -0.39 is 23.4 Å². The van der Waals surface area contributed by atoms with Crippen molar-refractivity contribution in [3.8, 4) is 0 Å². The summed E-state index contributed by atoms with van der Waals surface area (Å²) >= 11 is 0. The van der Waals surface area contributed by atoms with Crippen LogP contribution in [0, 0.1) is 46.3 Å². The van der Waals surface area contributed by atoms with Crippen LogP contribution in [-0.2, 0) is 19.1 Å². The molecule has 0 bridgehead atoms. The first-order valence-electron chi connectivity index (χ1n) is 13.5. The second-order valence-corrected chi connectivity index (χ2v) is 12.8. The van der Waals surface area contributed by atoms with Gasteiger partial charge in [-0.1, -0.05) is 32.9 Å². The van der Waals surface area contributed by atoms with Gasteiger partial charge in [-0.15, -0.1) is 0 Å². The minimum Gasteiger partial charge on any atom is -0.456 e. The van der Waals surface area contributed by atoms with Crippen LogP contribution in [0.2, 0.25) is 0 Å². The summed E-state index contributed by atoms with van der Waals surface area (Å²) in [6.45, 7) is 12.6. The fraction of sp³-hybridized carbons (Fsp3) is 0.828. The predicted octanol–water partition coefficient (Wildman–Crippen LogP) is 6.56. The Morgan fingerprint density at radius 3 is 2.49 bits per heavy atom. The van der Waals surface area contributed by atoms with E-state index in [1.54, 1.807) is 0 Å². The van der Waals surface area contributed by atoms with Crippen molar-refractivity contribution in [2.45, 2.75) is 104 Å². The van der Waals surface area contributed by atoms with Gasteiger partial charge in [-0.25, -0.2) is 8.78 Å². The van der Waals surface area contributed by atoms with Gasteiger partial charge in [-0.2, -0.15) is 0 Å². The molecule has 4 aliphatic carbocycles. The number of ketones is 2. The SMILES string of the molecule is C=C1CC[C@@]2(C)[C@@H](C1)CC(=O)[C@@H]1[C@@H]2CC(=O)[C@]2(C)[C@@H](C(C)CCC(=O)OC(C)C(C)(F)F)CC[C@@H]12. The lowest BCUT2D eigenvalue weighted by molar-refractivity contribution is -0.168. The molecule has 35 heavy (non-hydrogen) atoms. The maximum atomic E-state index is 13.8. The van der Waals surface area contributed by atoms with Gasteiger partial charge in [0.25, 0.3) is 5.92 Å². The third-order valence-electron chi connectivity index (χ3n) is 10.9. The lowest BCUT2D eigenvalue weighted by Gasteiger charge is -2.59. The molecule has 4 rings (SSSR count). The summed E-state index contributed by atoms with van der Waals surface area (Å²) in [6.07, 6.45) is 4.78. The zero-order chi connectivity index (χ0) is 25.9. The number of halogens is 2. The quantitative estimate of drug-likeness (QED) is 0.311. The molecule has 0 aromatic rings. The molecule has 4 saturated carbocycles. The molecule has 9 atom stereocenters. The molecule has 0 amide bonds. The Bertz CT molecular complexity index is 907. The van der Waals surface area contributed by atoms with Crippen molar-refractivity contribution < 1.29 is 27.9 Å². The van der Waals surface area contributed by atoms with E-state index in [4.69, 9.17) is 4.74 Å². The molecule has 0 heterocycles. The number of Topliss-reactive ketones (excluding diaryl/α,β-unsaturated/α-hetero) is 2. The molecule has 0 N–H and O–H groups in total. The van der Waals surface area contributed by atoms with Crippen molar-refractivity contribution in [3.63, 3.8) is 0 Å². The Labute approximate surface area is 208 Å².